The molecule has 0 aliphatic heterocycles. The fraction of sp³-hybridized carbons (Fsp3) is 0.0526. The van der Waals surface area contributed by atoms with Crippen molar-refractivity contribution in [3.05, 3.63) is 78.2 Å². The maximum absolute atomic E-state index is 12.9. The molecule has 0 radical (unpaired) electrons. The predicted octanol–water partition coefficient (Wildman–Crippen LogP) is 3.35. The van der Waals surface area contributed by atoms with Gasteiger partial charge in [-0.2, -0.15) is 0 Å². The highest BCUT2D eigenvalue weighted by Crippen LogP contribution is 2.24. The molecule has 4 aromatic rings. The Morgan fingerprint density at radius 2 is 1.71 bits per heavy atom. The molecule has 0 aliphatic carbocycles. The minimum Gasteiger partial charge on any atom is -0.415 e. The quantitative estimate of drug-likeness (QED) is 0.519. The highest BCUT2D eigenvalue weighted by Gasteiger charge is 2.19. The Hall–Kier alpha value is -3.30. The van der Waals surface area contributed by atoms with Crippen molar-refractivity contribution in [2.24, 2.45) is 0 Å². The molecule has 0 amide bonds. The Kier molecular flexibility index (Phi) is 4.76. The van der Waals surface area contributed by atoms with Crippen molar-refractivity contribution >= 4 is 10.0 Å². The Labute approximate surface area is 160 Å². The first-order valence-electron chi connectivity index (χ1n) is 8.33. The van der Waals surface area contributed by atoms with Gasteiger partial charge < -0.3 is 9.40 Å². The van der Waals surface area contributed by atoms with Crippen molar-refractivity contribution in [2.75, 3.05) is 0 Å². The van der Waals surface area contributed by atoms with E-state index in [0.29, 0.717) is 17.1 Å². The van der Waals surface area contributed by atoms with Gasteiger partial charge in [0.2, 0.25) is 15.9 Å². The number of halogens is 1. The number of nitrogens with zero attached hydrogens (tertiary/aromatic N) is 2. The summed E-state index contributed by atoms with van der Waals surface area (Å²) in [6.07, 6.45) is 1.34. The van der Waals surface area contributed by atoms with Crippen molar-refractivity contribution in [3.8, 4) is 23.0 Å². The first kappa shape index (κ1) is 18.1. The van der Waals surface area contributed by atoms with Gasteiger partial charge in [-0.15, -0.1) is 10.2 Å². The molecular formula is C19H15FN4O3S. The zero-order valence-electron chi connectivity index (χ0n) is 14.5. The molecule has 2 N–H and O–H groups in total. The molecule has 2 aromatic heterocycles. The van der Waals surface area contributed by atoms with Crippen molar-refractivity contribution in [3.63, 3.8) is 0 Å². The number of aromatic amines is 1. The molecule has 0 fully saturated rings. The van der Waals surface area contributed by atoms with Gasteiger partial charge in [-0.25, -0.2) is 17.5 Å². The van der Waals surface area contributed by atoms with E-state index in [1.165, 1.54) is 36.5 Å². The maximum atomic E-state index is 12.9. The smallest absolute Gasteiger partial charge is 0.264 e. The second kappa shape index (κ2) is 7.37. The average molecular weight is 398 g/mol. The van der Waals surface area contributed by atoms with E-state index in [-0.39, 0.29) is 23.1 Å². The van der Waals surface area contributed by atoms with Crippen molar-refractivity contribution in [1.82, 2.24) is 19.9 Å². The molecule has 0 spiro atoms. The highest BCUT2D eigenvalue weighted by atomic mass is 32.2. The first-order chi connectivity index (χ1) is 13.5. The van der Waals surface area contributed by atoms with Gasteiger partial charge in [0.15, 0.2) is 0 Å². The van der Waals surface area contributed by atoms with Gasteiger partial charge in [0.05, 0.1) is 0 Å². The molecule has 0 unspecified atom stereocenters. The summed E-state index contributed by atoms with van der Waals surface area (Å²) >= 11 is 0. The van der Waals surface area contributed by atoms with Gasteiger partial charge in [0.25, 0.3) is 5.89 Å². The van der Waals surface area contributed by atoms with E-state index in [0.717, 1.165) is 5.56 Å². The van der Waals surface area contributed by atoms with Crippen LogP contribution in [0.15, 0.2) is 76.2 Å². The van der Waals surface area contributed by atoms with Gasteiger partial charge in [-0.05, 0) is 35.9 Å². The molecule has 2 aromatic carbocycles. The third-order valence-corrected chi connectivity index (χ3v) is 5.40. The number of benzene rings is 2. The predicted molar refractivity (Wildman–Crippen MR) is 99.9 cm³/mol. The fourth-order valence-electron chi connectivity index (χ4n) is 2.55. The molecule has 0 bridgehead atoms. The summed E-state index contributed by atoms with van der Waals surface area (Å²) in [6, 6.07) is 16.3. The van der Waals surface area contributed by atoms with Crippen LogP contribution in [0.3, 0.4) is 0 Å². The maximum Gasteiger partial charge on any atom is 0.264 e. The average Bonchev–Trinajstić information content (AvgIpc) is 3.38. The van der Waals surface area contributed by atoms with Crippen LogP contribution in [0.25, 0.3) is 23.0 Å². The molecule has 4 rings (SSSR count). The number of H-pyrrole nitrogens is 1. The van der Waals surface area contributed by atoms with E-state index < -0.39 is 10.0 Å². The van der Waals surface area contributed by atoms with Crippen LogP contribution in [0, 0.1) is 5.82 Å². The summed E-state index contributed by atoms with van der Waals surface area (Å²) < 4.78 is 46.0. The number of hydrogen-bond acceptors (Lipinski definition) is 5. The second-order valence-corrected chi connectivity index (χ2v) is 7.75. The topological polar surface area (TPSA) is 101 Å². The number of hydrogen-bond donors (Lipinski definition) is 2. The van der Waals surface area contributed by atoms with Gasteiger partial charge >= 0.3 is 0 Å². The minimum atomic E-state index is -3.77. The zero-order chi connectivity index (χ0) is 19.6. The molecule has 9 heteroatoms. The normalized spacial score (nSPS) is 11.6. The minimum absolute atomic E-state index is 0.0315. The SMILES string of the molecule is O=S(=O)(NCc1ccc(F)cc1)c1c[nH]c(-c2nnc(-c3ccccc3)o2)c1. The molecular weight excluding hydrogens is 383 g/mol. The van der Waals surface area contributed by atoms with E-state index in [1.54, 1.807) is 0 Å². The van der Waals surface area contributed by atoms with Crippen LogP contribution >= 0.6 is 0 Å². The van der Waals surface area contributed by atoms with E-state index in [2.05, 4.69) is 19.9 Å². The van der Waals surface area contributed by atoms with Crippen LogP contribution in [-0.4, -0.2) is 23.6 Å². The Balaban J connectivity index is 1.50. The third kappa shape index (κ3) is 3.85. The number of rotatable bonds is 6. The summed E-state index contributed by atoms with van der Waals surface area (Å²) in [5.41, 5.74) is 1.79. The molecule has 0 aliphatic rings. The number of nitrogens with one attached hydrogen (secondary N) is 2. The van der Waals surface area contributed by atoms with Crippen LogP contribution in [-0.2, 0) is 16.6 Å². The van der Waals surface area contributed by atoms with E-state index in [9.17, 15) is 12.8 Å². The number of sulfonamides is 1. The fourth-order valence-corrected chi connectivity index (χ4v) is 3.56. The van der Waals surface area contributed by atoms with Crippen LogP contribution in [0.5, 0.6) is 0 Å². The van der Waals surface area contributed by atoms with Gasteiger partial charge in [0, 0.05) is 18.3 Å². The molecule has 0 saturated carbocycles. The second-order valence-electron chi connectivity index (χ2n) is 5.98. The Bertz CT molecular complexity index is 1190. The standard InChI is InChI=1S/C19H15FN4O3S/c20-15-8-6-13(7-9-15)11-22-28(25,26)16-10-17(21-12-16)19-24-23-18(27-19)14-4-2-1-3-5-14/h1-10,12,21-22H,11H2. The molecule has 0 saturated heterocycles. The molecule has 7 nitrogen and oxygen atoms in total. The van der Waals surface area contributed by atoms with Crippen molar-refractivity contribution < 1.29 is 17.2 Å². The summed E-state index contributed by atoms with van der Waals surface area (Å²) in [7, 11) is -3.77. The van der Waals surface area contributed by atoms with Crippen LogP contribution in [0.2, 0.25) is 0 Å². The lowest BCUT2D eigenvalue weighted by atomic mass is 10.2. The van der Waals surface area contributed by atoms with Gasteiger partial charge in [0.1, 0.15) is 16.4 Å². The lowest BCUT2D eigenvalue weighted by molar-refractivity contribution is 0.581. The van der Waals surface area contributed by atoms with Gasteiger partial charge in [-0.3, -0.25) is 0 Å². The molecule has 142 valence electrons. The molecule has 28 heavy (non-hydrogen) atoms. The van der Waals surface area contributed by atoms with E-state index >= 15 is 0 Å². The van der Waals surface area contributed by atoms with E-state index in [4.69, 9.17) is 4.42 Å². The highest BCUT2D eigenvalue weighted by molar-refractivity contribution is 7.89. The Morgan fingerprint density at radius 1 is 1.00 bits per heavy atom. The monoisotopic (exact) mass is 398 g/mol. The van der Waals surface area contributed by atoms with Crippen LogP contribution < -0.4 is 4.72 Å². The molecule has 0 atom stereocenters. The zero-order valence-corrected chi connectivity index (χ0v) is 15.3. The van der Waals surface area contributed by atoms with Crippen molar-refractivity contribution in [1.29, 1.82) is 0 Å². The summed E-state index contributed by atoms with van der Waals surface area (Å²) in [5, 5.41) is 7.95. The van der Waals surface area contributed by atoms with Gasteiger partial charge in [-0.1, -0.05) is 30.3 Å². The molecule has 2 heterocycles. The third-order valence-electron chi connectivity index (χ3n) is 4.02. The van der Waals surface area contributed by atoms with Crippen molar-refractivity contribution in [2.45, 2.75) is 11.4 Å². The number of aromatic nitrogens is 3. The van der Waals surface area contributed by atoms with Crippen LogP contribution in [0.4, 0.5) is 4.39 Å². The summed E-state index contributed by atoms with van der Waals surface area (Å²) in [4.78, 5) is 2.87. The van der Waals surface area contributed by atoms with E-state index in [1.807, 2.05) is 30.3 Å². The lowest BCUT2D eigenvalue weighted by Crippen LogP contribution is -2.22. The first-order valence-corrected chi connectivity index (χ1v) is 9.81. The summed E-state index contributed by atoms with van der Waals surface area (Å²) in [5.74, 6) is 0.138. The lowest BCUT2D eigenvalue weighted by Gasteiger charge is -2.04. The largest absolute Gasteiger partial charge is 0.415 e. The summed E-state index contributed by atoms with van der Waals surface area (Å²) in [6.45, 7) is 0.0435. The Morgan fingerprint density at radius 3 is 2.46 bits per heavy atom. The van der Waals surface area contributed by atoms with Crippen LogP contribution in [0.1, 0.15) is 5.56 Å².